The zero-order valence-corrected chi connectivity index (χ0v) is 9.76. The standard InChI is InChI=1S/C10H17NO2S/c1-5-8-11(6-7-14-8)9(12)13-10(2,3)4/h5,8H,1,6-7H2,2-4H3. The van der Waals surface area contributed by atoms with E-state index >= 15 is 0 Å². The fourth-order valence-corrected chi connectivity index (χ4v) is 2.25. The quantitative estimate of drug-likeness (QED) is 0.629. The summed E-state index contributed by atoms with van der Waals surface area (Å²) < 4.78 is 5.28. The third kappa shape index (κ3) is 2.94. The summed E-state index contributed by atoms with van der Waals surface area (Å²) in [6, 6.07) is 0. The van der Waals surface area contributed by atoms with Crippen LogP contribution in [0.2, 0.25) is 0 Å². The smallest absolute Gasteiger partial charge is 0.411 e. The molecular formula is C10H17NO2S. The molecule has 1 aliphatic rings. The third-order valence-corrected chi connectivity index (χ3v) is 2.96. The summed E-state index contributed by atoms with van der Waals surface area (Å²) in [5.74, 6) is 0.954. The molecule has 0 spiro atoms. The molecule has 80 valence electrons. The Hall–Kier alpha value is -0.640. The summed E-state index contributed by atoms with van der Waals surface area (Å²) in [4.78, 5) is 13.4. The predicted octanol–water partition coefficient (Wildman–Crippen LogP) is 2.48. The van der Waals surface area contributed by atoms with Gasteiger partial charge in [0.1, 0.15) is 5.60 Å². The molecule has 0 N–H and O–H groups in total. The van der Waals surface area contributed by atoms with Gasteiger partial charge in [0, 0.05) is 12.3 Å². The molecule has 1 fully saturated rings. The van der Waals surface area contributed by atoms with E-state index in [2.05, 4.69) is 6.58 Å². The summed E-state index contributed by atoms with van der Waals surface area (Å²) in [5, 5.41) is 0.0739. The Morgan fingerprint density at radius 3 is 2.79 bits per heavy atom. The van der Waals surface area contributed by atoms with E-state index in [1.54, 1.807) is 22.7 Å². The first-order valence-electron chi connectivity index (χ1n) is 4.68. The molecule has 4 heteroatoms. The fourth-order valence-electron chi connectivity index (χ4n) is 1.20. The van der Waals surface area contributed by atoms with Crippen LogP contribution in [0, 0.1) is 0 Å². The second-order valence-corrected chi connectivity index (χ2v) is 5.40. The first kappa shape index (κ1) is 11.4. The van der Waals surface area contributed by atoms with E-state index < -0.39 is 5.60 Å². The number of ether oxygens (including phenoxy) is 1. The highest BCUT2D eigenvalue weighted by atomic mass is 32.2. The summed E-state index contributed by atoms with van der Waals surface area (Å²) >= 11 is 1.71. The zero-order chi connectivity index (χ0) is 10.8. The molecule has 0 saturated carbocycles. The molecule has 1 atom stereocenters. The molecule has 1 saturated heterocycles. The van der Waals surface area contributed by atoms with Crippen LogP contribution in [0.25, 0.3) is 0 Å². The average Bonchev–Trinajstić information content (AvgIpc) is 2.47. The molecule has 1 amide bonds. The Morgan fingerprint density at radius 1 is 1.64 bits per heavy atom. The Labute approximate surface area is 89.5 Å². The number of amides is 1. The van der Waals surface area contributed by atoms with E-state index in [-0.39, 0.29) is 11.5 Å². The van der Waals surface area contributed by atoms with Crippen molar-refractivity contribution >= 4 is 17.9 Å². The first-order chi connectivity index (χ1) is 6.44. The minimum Gasteiger partial charge on any atom is -0.444 e. The maximum absolute atomic E-state index is 11.7. The van der Waals surface area contributed by atoms with Crippen molar-refractivity contribution in [1.82, 2.24) is 4.90 Å². The van der Waals surface area contributed by atoms with Crippen molar-refractivity contribution in [2.24, 2.45) is 0 Å². The van der Waals surface area contributed by atoms with Crippen LogP contribution in [0.3, 0.4) is 0 Å². The van der Waals surface area contributed by atoms with Crippen molar-refractivity contribution in [3.63, 3.8) is 0 Å². The van der Waals surface area contributed by atoms with Gasteiger partial charge in [0.25, 0.3) is 0 Å². The highest BCUT2D eigenvalue weighted by Gasteiger charge is 2.30. The van der Waals surface area contributed by atoms with Gasteiger partial charge in [-0.1, -0.05) is 6.08 Å². The lowest BCUT2D eigenvalue weighted by molar-refractivity contribution is 0.0277. The number of carbonyl (C=O) groups excluding carboxylic acids is 1. The minimum absolute atomic E-state index is 0.0739. The number of hydrogen-bond acceptors (Lipinski definition) is 3. The number of nitrogens with zero attached hydrogens (tertiary/aromatic N) is 1. The lowest BCUT2D eigenvalue weighted by Crippen LogP contribution is -2.38. The van der Waals surface area contributed by atoms with E-state index in [4.69, 9.17) is 4.74 Å². The van der Waals surface area contributed by atoms with Gasteiger partial charge in [-0.25, -0.2) is 4.79 Å². The first-order valence-corrected chi connectivity index (χ1v) is 5.73. The van der Waals surface area contributed by atoms with Crippen LogP contribution in [-0.4, -0.2) is 34.3 Å². The zero-order valence-electron chi connectivity index (χ0n) is 8.95. The molecule has 1 unspecified atom stereocenters. The molecule has 1 aliphatic heterocycles. The van der Waals surface area contributed by atoms with Crippen molar-refractivity contribution in [3.8, 4) is 0 Å². The molecule has 0 aromatic carbocycles. The second kappa shape index (κ2) is 4.26. The van der Waals surface area contributed by atoms with Crippen LogP contribution < -0.4 is 0 Å². The van der Waals surface area contributed by atoms with E-state index in [9.17, 15) is 4.79 Å². The summed E-state index contributed by atoms with van der Waals surface area (Å²) in [6.07, 6.45) is 1.54. The monoisotopic (exact) mass is 215 g/mol. The number of rotatable bonds is 1. The van der Waals surface area contributed by atoms with Crippen LogP contribution >= 0.6 is 11.8 Å². The van der Waals surface area contributed by atoms with Crippen molar-refractivity contribution < 1.29 is 9.53 Å². The largest absolute Gasteiger partial charge is 0.444 e. The van der Waals surface area contributed by atoms with Gasteiger partial charge in [0.2, 0.25) is 0 Å². The number of thioether (sulfide) groups is 1. The predicted molar refractivity (Wildman–Crippen MR) is 59.4 cm³/mol. The molecule has 3 nitrogen and oxygen atoms in total. The van der Waals surface area contributed by atoms with Gasteiger partial charge in [-0.05, 0) is 20.8 Å². The van der Waals surface area contributed by atoms with E-state index in [0.717, 1.165) is 12.3 Å². The lowest BCUT2D eigenvalue weighted by atomic mass is 10.2. The molecular weight excluding hydrogens is 198 g/mol. The van der Waals surface area contributed by atoms with Gasteiger partial charge in [0.05, 0.1) is 5.37 Å². The van der Waals surface area contributed by atoms with Crippen molar-refractivity contribution in [2.75, 3.05) is 12.3 Å². The molecule has 0 aliphatic carbocycles. The van der Waals surface area contributed by atoms with Crippen LogP contribution in [0.15, 0.2) is 12.7 Å². The maximum Gasteiger partial charge on any atom is 0.411 e. The van der Waals surface area contributed by atoms with Gasteiger partial charge in [-0.15, -0.1) is 18.3 Å². The Morgan fingerprint density at radius 2 is 2.29 bits per heavy atom. The van der Waals surface area contributed by atoms with Crippen LogP contribution in [0.1, 0.15) is 20.8 Å². The Balaban J connectivity index is 2.56. The van der Waals surface area contributed by atoms with Gasteiger partial charge in [-0.2, -0.15) is 0 Å². The average molecular weight is 215 g/mol. The normalized spacial score (nSPS) is 22.2. The Kier molecular flexibility index (Phi) is 3.48. The number of carbonyl (C=O) groups is 1. The molecule has 1 rings (SSSR count). The highest BCUT2D eigenvalue weighted by Crippen LogP contribution is 2.26. The minimum atomic E-state index is -0.421. The SMILES string of the molecule is C=CC1SCCN1C(=O)OC(C)(C)C. The van der Waals surface area contributed by atoms with Crippen LogP contribution in [0.5, 0.6) is 0 Å². The molecule has 0 radical (unpaired) electrons. The van der Waals surface area contributed by atoms with Crippen molar-refractivity contribution in [2.45, 2.75) is 31.7 Å². The highest BCUT2D eigenvalue weighted by molar-refractivity contribution is 8.00. The summed E-state index contributed by atoms with van der Waals surface area (Å²) in [6.45, 7) is 10.1. The van der Waals surface area contributed by atoms with Gasteiger partial charge >= 0.3 is 6.09 Å². The van der Waals surface area contributed by atoms with E-state index in [0.29, 0.717) is 0 Å². The van der Waals surface area contributed by atoms with Gasteiger partial charge < -0.3 is 4.74 Å². The lowest BCUT2D eigenvalue weighted by Gasteiger charge is -2.26. The molecule has 0 aromatic rings. The fraction of sp³-hybridized carbons (Fsp3) is 0.700. The summed E-state index contributed by atoms with van der Waals surface area (Å²) in [5.41, 5.74) is -0.421. The second-order valence-electron chi connectivity index (χ2n) is 4.17. The van der Waals surface area contributed by atoms with Gasteiger partial charge in [0.15, 0.2) is 0 Å². The molecule has 1 heterocycles. The van der Waals surface area contributed by atoms with E-state index in [1.165, 1.54) is 0 Å². The molecule has 0 bridgehead atoms. The van der Waals surface area contributed by atoms with Crippen molar-refractivity contribution in [1.29, 1.82) is 0 Å². The van der Waals surface area contributed by atoms with Crippen LogP contribution in [0.4, 0.5) is 4.79 Å². The maximum atomic E-state index is 11.7. The number of hydrogen-bond donors (Lipinski definition) is 0. The van der Waals surface area contributed by atoms with Gasteiger partial charge in [-0.3, -0.25) is 4.90 Å². The van der Waals surface area contributed by atoms with E-state index in [1.807, 2.05) is 20.8 Å². The summed E-state index contributed by atoms with van der Waals surface area (Å²) in [7, 11) is 0. The van der Waals surface area contributed by atoms with Crippen molar-refractivity contribution in [3.05, 3.63) is 12.7 Å². The topological polar surface area (TPSA) is 29.5 Å². The molecule has 0 aromatic heterocycles. The Bertz CT molecular complexity index is 235. The third-order valence-electron chi connectivity index (χ3n) is 1.76. The molecule has 14 heavy (non-hydrogen) atoms. The van der Waals surface area contributed by atoms with Crippen LogP contribution in [-0.2, 0) is 4.74 Å².